The first-order chi connectivity index (χ1) is 15.8. The van der Waals surface area contributed by atoms with Crippen molar-refractivity contribution in [2.24, 2.45) is 7.05 Å². The minimum Gasteiger partial charge on any atom is -0.352 e. The minimum absolute atomic E-state index is 0.0421. The van der Waals surface area contributed by atoms with Crippen LogP contribution < -0.4 is 10.5 Å². The quantitative estimate of drug-likeness (QED) is 0.444. The average molecular weight is 482 g/mol. The third-order valence-electron chi connectivity index (χ3n) is 6.04. The first-order valence-electron chi connectivity index (χ1n) is 10.6. The van der Waals surface area contributed by atoms with Crippen LogP contribution in [0, 0.1) is 20.8 Å². The number of aromatic nitrogens is 5. The van der Waals surface area contributed by atoms with E-state index in [1.807, 2.05) is 37.1 Å². The average Bonchev–Trinajstić information content (AvgIpc) is 3.44. The number of carbonyl (C=O) groups excluding carboxylic acids is 1. The SMILES string of the molecule is Cc1nc(-c2c(C)c(C)nn(C)c2=O)sc1C(=O)N1CCN(c2ncnc3sccc23)CC1. The fraction of sp³-hybridized carbons (Fsp3) is 0.364. The fourth-order valence-corrected chi connectivity index (χ4v) is 5.95. The van der Waals surface area contributed by atoms with Crippen molar-refractivity contribution in [3.63, 3.8) is 0 Å². The molecule has 9 nitrogen and oxygen atoms in total. The predicted molar refractivity (Wildman–Crippen MR) is 130 cm³/mol. The standard InChI is InChI=1S/C22H23N7O2S2/c1-12-13(2)26-27(4)21(30)16(12)20-25-14(3)17(33-20)22(31)29-8-6-28(7-9-29)18-15-5-10-32-19(15)24-11-23-18/h5,10-11H,6-9H2,1-4H3. The molecule has 33 heavy (non-hydrogen) atoms. The molecule has 4 aromatic rings. The molecule has 0 bridgehead atoms. The number of nitrogens with zero attached hydrogens (tertiary/aromatic N) is 7. The van der Waals surface area contributed by atoms with Gasteiger partial charge in [-0.1, -0.05) is 0 Å². The van der Waals surface area contributed by atoms with Crippen LogP contribution in [0.3, 0.4) is 0 Å². The smallest absolute Gasteiger partial charge is 0.277 e. The molecule has 4 aromatic heterocycles. The molecule has 0 saturated carbocycles. The number of thiazole rings is 1. The van der Waals surface area contributed by atoms with Gasteiger partial charge in [0.1, 0.15) is 26.9 Å². The number of piperazine rings is 1. The Balaban J connectivity index is 1.37. The van der Waals surface area contributed by atoms with Gasteiger partial charge in [-0.25, -0.2) is 19.6 Å². The molecule has 0 spiro atoms. The zero-order valence-corrected chi connectivity index (χ0v) is 20.5. The first-order valence-corrected chi connectivity index (χ1v) is 12.3. The van der Waals surface area contributed by atoms with Crippen molar-refractivity contribution < 1.29 is 4.79 Å². The molecule has 0 radical (unpaired) electrons. The van der Waals surface area contributed by atoms with Gasteiger partial charge in [0.15, 0.2) is 0 Å². The lowest BCUT2D eigenvalue weighted by Gasteiger charge is -2.35. The number of amides is 1. The summed E-state index contributed by atoms with van der Waals surface area (Å²) in [5, 5.41) is 7.88. The number of carbonyl (C=O) groups is 1. The van der Waals surface area contributed by atoms with Gasteiger partial charge in [-0.2, -0.15) is 5.10 Å². The van der Waals surface area contributed by atoms with Gasteiger partial charge in [0.25, 0.3) is 11.5 Å². The van der Waals surface area contributed by atoms with Gasteiger partial charge in [-0.3, -0.25) is 9.59 Å². The highest BCUT2D eigenvalue weighted by Crippen LogP contribution is 2.31. The molecule has 0 aliphatic carbocycles. The summed E-state index contributed by atoms with van der Waals surface area (Å²) in [7, 11) is 1.63. The predicted octanol–water partition coefficient (Wildman–Crippen LogP) is 2.80. The Morgan fingerprint density at radius 3 is 2.58 bits per heavy atom. The van der Waals surface area contributed by atoms with Crippen molar-refractivity contribution in [2.75, 3.05) is 31.1 Å². The molecule has 0 atom stereocenters. The zero-order valence-electron chi connectivity index (χ0n) is 18.8. The molecule has 0 N–H and O–H groups in total. The second-order valence-electron chi connectivity index (χ2n) is 8.06. The van der Waals surface area contributed by atoms with Crippen molar-refractivity contribution in [3.8, 4) is 10.6 Å². The zero-order chi connectivity index (χ0) is 23.3. The van der Waals surface area contributed by atoms with E-state index in [1.165, 1.54) is 16.0 Å². The molecular weight excluding hydrogens is 458 g/mol. The summed E-state index contributed by atoms with van der Waals surface area (Å²) in [6, 6.07) is 2.04. The summed E-state index contributed by atoms with van der Waals surface area (Å²) >= 11 is 2.88. The van der Waals surface area contributed by atoms with E-state index in [9.17, 15) is 9.59 Å². The third kappa shape index (κ3) is 3.70. The normalized spacial score (nSPS) is 14.3. The van der Waals surface area contributed by atoms with E-state index in [4.69, 9.17) is 0 Å². The Labute approximate surface area is 198 Å². The van der Waals surface area contributed by atoms with Crippen LogP contribution in [0.25, 0.3) is 20.8 Å². The van der Waals surface area contributed by atoms with Crippen LogP contribution >= 0.6 is 22.7 Å². The Morgan fingerprint density at radius 1 is 1.06 bits per heavy atom. The van der Waals surface area contributed by atoms with E-state index >= 15 is 0 Å². The number of hydrogen-bond donors (Lipinski definition) is 0. The number of rotatable bonds is 3. The Hall–Kier alpha value is -3.18. The first kappa shape index (κ1) is 21.7. The number of fused-ring (bicyclic) bond motifs is 1. The molecule has 0 aromatic carbocycles. The molecule has 0 unspecified atom stereocenters. The highest BCUT2D eigenvalue weighted by atomic mass is 32.1. The van der Waals surface area contributed by atoms with E-state index in [0.29, 0.717) is 47.3 Å². The number of hydrogen-bond acceptors (Lipinski definition) is 9. The van der Waals surface area contributed by atoms with Crippen LogP contribution in [0.5, 0.6) is 0 Å². The van der Waals surface area contributed by atoms with Crippen molar-refractivity contribution >= 4 is 44.6 Å². The van der Waals surface area contributed by atoms with Gasteiger partial charge in [0, 0.05) is 33.2 Å². The van der Waals surface area contributed by atoms with Gasteiger partial charge in [-0.05, 0) is 37.8 Å². The van der Waals surface area contributed by atoms with Crippen LogP contribution in [0.1, 0.15) is 26.6 Å². The van der Waals surface area contributed by atoms with Crippen molar-refractivity contribution in [3.05, 3.63) is 50.0 Å². The maximum atomic E-state index is 13.3. The summed E-state index contributed by atoms with van der Waals surface area (Å²) in [6.45, 7) is 8.14. The van der Waals surface area contributed by atoms with Gasteiger partial charge >= 0.3 is 0 Å². The van der Waals surface area contributed by atoms with Crippen LogP contribution in [-0.4, -0.2) is 61.7 Å². The molecule has 1 fully saturated rings. The van der Waals surface area contributed by atoms with E-state index in [-0.39, 0.29) is 11.5 Å². The number of anilines is 1. The summed E-state index contributed by atoms with van der Waals surface area (Å²) < 4.78 is 1.33. The van der Waals surface area contributed by atoms with Crippen LogP contribution in [0.4, 0.5) is 5.82 Å². The molecule has 11 heteroatoms. The lowest BCUT2D eigenvalue weighted by molar-refractivity contribution is 0.0750. The van der Waals surface area contributed by atoms with Crippen LogP contribution in [0.15, 0.2) is 22.6 Å². The second kappa shape index (κ2) is 8.31. The highest BCUT2D eigenvalue weighted by Gasteiger charge is 2.28. The highest BCUT2D eigenvalue weighted by molar-refractivity contribution is 7.17. The second-order valence-corrected chi connectivity index (χ2v) is 9.96. The van der Waals surface area contributed by atoms with E-state index in [2.05, 4.69) is 25.0 Å². The molecule has 5 heterocycles. The monoisotopic (exact) mass is 481 g/mol. The van der Waals surface area contributed by atoms with Crippen LogP contribution in [0.2, 0.25) is 0 Å². The molecule has 1 amide bonds. The largest absolute Gasteiger partial charge is 0.352 e. The summed E-state index contributed by atoms with van der Waals surface area (Å²) in [5.41, 5.74) is 2.53. The summed E-state index contributed by atoms with van der Waals surface area (Å²) in [4.78, 5) is 45.1. The lowest BCUT2D eigenvalue weighted by Crippen LogP contribution is -2.49. The Kier molecular flexibility index (Phi) is 5.45. The van der Waals surface area contributed by atoms with Gasteiger partial charge < -0.3 is 9.80 Å². The Morgan fingerprint density at radius 2 is 1.82 bits per heavy atom. The van der Waals surface area contributed by atoms with Gasteiger partial charge in [0.2, 0.25) is 0 Å². The summed E-state index contributed by atoms with van der Waals surface area (Å²) in [5.74, 6) is 0.878. The molecule has 170 valence electrons. The lowest BCUT2D eigenvalue weighted by atomic mass is 10.1. The van der Waals surface area contributed by atoms with Gasteiger partial charge in [-0.15, -0.1) is 22.7 Å². The number of thiophene rings is 1. The topological polar surface area (TPSA) is 97.1 Å². The van der Waals surface area contributed by atoms with E-state index in [0.717, 1.165) is 27.3 Å². The van der Waals surface area contributed by atoms with E-state index < -0.39 is 0 Å². The number of aryl methyl sites for hydroxylation is 3. The van der Waals surface area contributed by atoms with Gasteiger partial charge in [0.05, 0.1) is 22.3 Å². The fourth-order valence-electron chi connectivity index (χ4n) is 4.10. The molecule has 1 aliphatic rings. The summed E-state index contributed by atoms with van der Waals surface area (Å²) in [6.07, 6.45) is 1.60. The maximum Gasteiger partial charge on any atom is 0.277 e. The molecular formula is C22H23N7O2S2. The molecule has 1 aliphatic heterocycles. The van der Waals surface area contributed by atoms with Crippen molar-refractivity contribution in [1.29, 1.82) is 0 Å². The molecule has 5 rings (SSSR count). The third-order valence-corrected chi connectivity index (χ3v) is 8.02. The minimum atomic E-state index is -0.205. The van der Waals surface area contributed by atoms with E-state index in [1.54, 1.807) is 24.7 Å². The van der Waals surface area contributed by atoms with Crippen LogP contribution in [-0.2, 0) is 7.05 Å². The molecule has 1 saturated heterocycles. The van der Waals surface area contributed by atoms with Crippen molar-refractivity contribution in [2.45, 2.75) is 20.8 Å². The van der Waals surface area contributed by atoms with Crippen molar-refractivity contribution in [1.82, 2.24) is 29.6 Å². The Bertz CT molecular complexity index is 1430. The maximum absolute atomic E-state index is 13.3.